The van der Waals surface area contributed by atoms with Gasteiger partial charge in [0.1, 0.15) is 0 Å². The Hall–Kier alpha value is -1.18. The highest BCUT2D eigenvalue weighted by molar-refractivity contribution is 9.10. The van der Waals surface area contributed by atoms with Crippen LogP contribution in [-0.2, 0) is 14.8 Å². The molecule has 1 aliphatic heterocycles. The van der Waals surface area contributed by atoms with Crippen molar-refractivity contribution in [3.63, 3.8) is 0 Å². The summed E-state index contributed by atoms with van der Waals surface area (Å²) in [4.78, 5) is 12.8. The lowest BCUT2D eigenvalue weighted by atomic mass is 9.85. The number of sulfonamides is 1. The van der Waals surface area contributed by atoms with Crippen molar-refractivity contribution in [2.75, 3.05) is 13.1 Å². The van der Waals surface area contributed by atoms with Gasteiger partial charge in [-0.3, -0.25) is 4.79 Å². The molecule has 2 atom stereocenters. The first-order chi connectivity index (χ1) is 12.4. The Morgan fingerprint density at radius 3 is 2.50 bits per heavy atom. The van der Waals surface area contributed by atoms with E-state index in [1.807, 2.05) is 0 Å². The smallest absolute Gasteiger partial charge is 0.247 e. The molecule has 0 bridgehead atoms. The van der Waals surface area contributed by atoms with Crippen molar-refractivity contribution in [2.45, 2.75) is 50.0 Å². The van der Waals surface area contributed by atoms with Gasteiger partial charge in [0.25, 0.3) is 0 Å². The number of carbonyl (C=O) groups is 1. The average Bonchev–Trinajstić information content (AvgIpc) is 2.64. The van der Waals surface area contributed by atoms with E-state index in [-0.39, 0.29) is 23.4 Å². The second-order valence-electron chi connectivity index (χ2n) is 7.14. The van der Waals surface area contributed by atoms with E-state index in [1.54, 1.807) is 30.3 Å². The summed E-state index contributed by atoms with van der Waals surface area (Å²) >= 11 is 3.31. The van der Waals surface area contributed by atoms with Gasteiger partial charge >= 0.3 is 0 Å². The third-order valence-corrected chi connectivity index (χ3v) is 7.75. The molecule has 0 aromatic heterocycles. The summed E-state index contributed by atoms with van der Waals surface area (Å²) in [7, 11) is -3.53. The number of hydrogen-bond donors (Lipinski definition) is 1. The van der Waals surface area contributed by atoms with Gasteiger partial charge in [-0.15, -0.1) is 0 Å². The van der Waals surface area contributed by atoms with Crippen LogP contribution in [0, 0.1) is 5.92 Å². The van der Waals surface area contributed by atoms with Gasteiger partial charge in [0, 0.05) is 29.2 Å². The molecule has 0 saturated heterocycles. The van der Waals surface area contributed by atoms with Crippen LogP contribution in [-0.4, -0.2) is 37.8 Å². The van der Waals surface area contributed by atoms with Gasteiger partial charge in [0.15, 0.2) is 0 Å². The van der Waals surface area contributed by atoms with Crippen molar-refractivity contribution in [1.82, 2.24) is 9.62 Å². The van der Waals surface area contributed by atoms with Crippen LogP contribution in [0.1, 0.15) is 39.0 Å². The van der Waals surface area contributed by atoms with Gasteiger partial charge < -0.3 is 5.32 Å². The second-order valence-corrected chi connectivity index (χ2v) is 9.99. The molecule has 1 amide bonds. The van der Waals surface area contributed by atoms with E-state index in [9.17, 15) is 13.2 Å². The fraction of sp³-hybridized carbons (Fsp3) is 0.526. The Morgan fingerprint density at radius 2 is 1.88 bits per heavy atom. The standard InChI is InChI=1S/C19H25BrN2O3S/c1-14-4-2-3-5-18(14)21-19(23)15-10-12-22(13-11-15)26(24,25)17-8-6-16(20)7-9-17/h6-10,14,18H,2-5,11-13H2,1H3,(H,21,23). The highest BCUT2D eigenvalue weighted by Gasteiger charge is 2.29. The second kappa shape index (κ2) is 8.23. The van der Waals surface area contributed by atoms with Crippen molar-refractivity contribution in [2.24, 2.45) is 5.92 Å². The van der Waals surface area contributed by atoms with Crippen molar-refractivity contribution in [3.05, 3.63) is 40.4 Å². The molecule has 7 heteroatoms. The zero-order chi connectivity index (χ0) is 18.7. The van der Waals surface area contributed by atoms with Crippen LogP contribution in [0.5, 0.6) is 0 Å². The van der Waals surface area contributed by atoms with E-state index in [4.69, 9.17) is 0 Å². The Balaban J connectivity index is 1.64. The summed E-state index contributed by atoms with van der Waals surface area (Å²) < 4.78 is 27.7. The van der Waals surface area contributed by atoms with Crippen LogP contribution in [0.3, 0.4) is 0 Å². The largest absolute Gasteiger partial charge is 0.349 e. The van der Waals surface area contributed by atoms with Crippen molar-refractivity contribution >= 4 is 31.9 Å². The lowest BCUT2D eigenvalue weighted by Gasteiger charge is -2.31. The number of nitrogens with zero attached hydrogens (tertiary/aromatic N) is 1. The molecule has 2 aliphatic rings. The summed E-state index contributed by atoms with van der Waals surface area (Å²) in [6.45, 7) is 2.76. The first kappa shape index (κ1) is 19.6. The number of amides is 1. The lowest BCUT2D eigenvalue weighted by Crippen LogP contribution is -2.43. The maximum Gasteiger partial charge on any atom is 0.247 e. The Labute approximate surface area is 164 Å². The van der Waals surface area contributed by atoms with Gasteiger partial charge in [0.2, 0.25) is 15.9 Å². The molecule has 3 rings (SSSR count). The molecule has 1 aromatic carbocycles. The first-order valence-electron chi connectivity index (χ1n) is 9.13. The molecule has 1 heterocycles. The topological polar surface area (TPSA) is 66.5 Å². The zero-order valence-electron chi connectivity index (χ0n) is 14.9. The summed E-state index contributed by atoms with van der Waals surface area (Å²) in [5.74, 6) is 0.468. The van der Waals surface area contributed by atoms with Gasteiger partial charge in [0.05, 0.1) is 4.90 Å². The van der Waals surface area contributed by atoms with Crippen molar-refractivity contribution in [1.29, 1.82) is 0 Å². The van der Waals surface area contributed by atoms with E-state index in [0.29, 0.717) is 24.5 Å². The maximum absolute atomic E-state index is 12.7. The van der Waals surface area contributed by atoms with Gasteiger partial charge in [-0.05, 0) is 49.4 Å². The minimum absolute atomic E-state index is 0.0376. The molecule has 0 radical (unpaired) electrons. The normalized spacial score (nSPS) is 24.8. The molecule has 1 N–H and O–H groups in total. The molecule has 5 nitrogen and oxygen atoms in total. The summed E-state index contributed by atoms with van der Waals surface area (Å²) in [6.07, 6.45) is 6.78. The molecule has 1 aliphatic carbocycles. The Bertz CT molecular complexity index is 790. The molecular weight excluding hydrogens is 416 g/mol. The average molecular weight is 441 g/mol. The zero-order valence-corrected chi connectivity index (χ0v) is 17.4. The summed E-state index contributed by atoms with van der Waals surface area (Å²) in [6, 6.07) is 6.86. The van der Waals surface area contributed by atoms with Crippen LogP contribution in [0.25, 0.3) is 0 Å². The Kier molecular flexibility index (Phi) is 6.20. The molecule has 1 aromatic rings. The number of halogens is 1. The third-order valence-electron chi connectivity index (χ3n) is 5.34. The molecule has 1 fully saturated rings. The number of benzene rings is 1. The molecule has 26 heavy (non-hydrogen) atoms. The van der Waals surface area contributed by atoms with Crippen molar-refractivity contribution < 1.29 is 13.2 Å². The Morgan fingerprint density at radius 1 is 1.19 bits per heavy atom. The molecule has 0 spiro atoms. The quantitative estimate of drug-likeness (QED) is 0.778. The number of rotatable bonds is 4. The van der Waals surface area contributed by atoms with E-state index < -0.39 is 10.0 Å². The lowest BCUT2D eigenvalue weighted by molar-refractivity contribution is -0.119. The maximum atomic E-state index is 12.7. The minimum Gasteiger partial charge on any atom is -0.349 e. The number of nitrogens with one attached hydrogen (secondary N) is 1. The van der Waals surface area contributed by atoms with Crippen LogP contribution in [0.2, 0.25) is 0 Å². The van der Waals surface area contributed by atoms with Crippen LogP contribution in [0.4, 0.5) is 0 Å². The predicted octanol–water partition coefficient (Wildman–Crippen LogP) is 3.46. The van der Waals surface area contributed by atoms with E-state index >= 15 is 0 Å². The predicted molar refractivity (Wildman–Crippen MR) is 105 cm³/mol. The summed E-state index contributed by atoms with van der Waals surface area (Å²) in [5, 5.41) is 3.15. The number of carbonyl (C=O) groups excluding carboxylic acids is 1. The van der Waals surface area contributed by atoms with E-state index in [0.717, 1.165) is 23.7 Å². The van der Waals surface area contributed by atoms with E-state index in [1.165, 1.54) is 10.7 Å². The van der Waals surface area contributed by atoms with Gasteiger partial charge in [-0.25, -0.2) is 8.42 Å². The van der Waals surface area contributed by atoms with E-state index in [2.05, 4.69) is 28.2 Å². The molecular formula is C19H25BrN2O3S. The fourth-order valence-corrected chi connectivity index (χ4v) is 5.27. The third kappa shape index (κ3) is 4.38. The summed E-state index contributed by atoms with van der Waals surface area (Å²) in [5.41, 5.74) is 0.699. The van der Waals surface area contributed by atoms with Crippen LogP contribution >= 0.6 is 15.9 Å². The SMILES string of the molecule is CC1CCCCC1NC(=O)C1=CCN(S(=O)(=O)c2ccc(Br)cc2)CC1. The highest BCUT2D eigenvalue weighted by atomic mass is 79.9. The van der Waals surface area contributed by atoms with Gasteiger partial charge in [-0.1, -0.05) is 41.8 Å². The van der Waals surface area contributed by atoms with Gasteiger partial charge in [-0.2, -0.15) is 4.31 Å². The monoisotopic (exact) mass is 440 g/mol. The highest BCUT2D eigenvalue weighted by Crippen LogP contribution is 2.25. The van der Waals surface area contributed by atoms with Crippen molar-refractivity contribution in [3.8, 4) is 0 Å². The molecule has 142 valence electrons. The first-order valence-corrected chi connectivity index (χ1v) is 11.4. The fourth-order valence-electron chi connectivity index (χ4n) is 3.62. The molecule has 1 saturated carbocycles. The van der Waals surface area contributed by atoms with Crippen LogP contribution < -0.4 is 5.32 Å². The minimum atomic E-state index is -3.53. The number of hydrogen-bond acceptors (Lipinski definition) is 3. The van der Waals surface area contributed by atoms with Crippen LogP contribution in [0.15, 0.2) is 45.3 Å². The molecule has 2 unspecified atom stereocenters.